The van der Waals surface area contributed by atoms with Gasteiger partial charge in [-0.25, -0.2) is 4.79 Å². The molecular weight excluding hydrogens is 302 g/mol. The maximum absolute atomic E-state index is 12.6. The number of ether oxygens (including phenoxy) is 3. The third-order valence-corrected chi connectivity index (χ3v) is 4.17. The first-order valence-corrected chi connectivity index (χ1v) is 7.33. The molecule has 1 amide bonds. The average Bonchev–Trinajstić information content (AvgIpc) is 3.03. The molecule has 0 spiro atoms. The van der Waals surface area contributed by atoms with Crippen LogP contribution in [0.4, 0.5) is 0 Å². The van der Waals surface area contributed by atoms with E-state index in [4.69, 9.17) is 14.2 Å². The minimum Gasteiger partial charge on any atom is -0.496 e. The zero-order chi connectivity index (χ0) is 17.0. The second-order valence-electron chi connectivity index (χ2n) is 5.46. The van der Waals surface area contributed by atoms with Gasteiger partial charge in [-0.3, -0.25) is 4.79 Å². The largest absolute Gasteiger partial charge is 0.496 e. The Hall–Kier alpha value is -2.44. The van der Waals surface area contributed by atoms with Crippen molar-refractivity contribution in [2.24, 2.45) is 0 Å². The molecule has 2 N–H and O–H groups in total. The van der Waals surface area contributed by atoms with Crippen molar-refractivity contribution in [1.29, 1.82) is 0 Å². The molecular formula is C16H21NO6. The molecule has 7 heteroatoms. The summed E-state index contributed by atoms with van der Waals surface area (Å²) in [6.07, 6.45) is 2.39. The molecule has 0 aliphatic heterocycles. The summed E-state index contributed by atoms with van der Waals surface area (Å²) in [5.41, 5.74) is -1.01. The lowest BCUT2D eigenvalue weighted by Gasteiger charge is -2.26. The van der Waals surface area contributed by atoms with E-state index in [1.54, 1.807) is 0 Å². The molecule has 0 saturated heterocycles. The third-order valence-electron chi connectivity index (χ3n) is 4.17. The summed E-state index contributed by atoms with van der Waals surface area (Å²) in [6, 6.07) is 3.02. The molecule has 1 aliphatic carbocycles. The van der Waals surface area contributed by atoms with Gasteiger partial charge in [-0.1, -0.05) is 12.8 Å². The number of carboxylic acid groups (broad SMARTS) is 1. The second kappa shape index (κ2) is 6.76. The minimum absolute atomic E-state index is 0.206. The molecule has 0 atom stereocenters. The van der Waals surface area contributed by atoms with E-state index in [9.17, 15) is 14.7 Å². The van der Waals surface area contributed by atoms with Gasteiger partial charge in [0.15, 0.2) is 11.5 Å². The van der Waals surface area contributed by atoms with Gasteiger partial charge in [0.25, 0.3) is 5.91 Å². The van der Waals surface area contributed by atoms with Gasteiger partial charge in [-0.2, -0.15) is 0 Å². The van der Waals surface area contributed by atoms with E-state index in [-0.39, 0.29) is 5.56 Å². The Bertz CT molecular complexity index is 607. The van der Waals surface area contributed by atoms with Gasteiger partial charge in [0.1, 0.15) is 11.3 Å². The molecule has 1 aromatic rings. The fourth-order valence-electron chi connectivity index (χ4n) is 2.86. The van der Waals surface area contributed by atoms with Gasteiger partial charge < -0.3 is 24.6 Å². The summed E-state index contributed by atoms with van der Waals surface area (Å²) in [5, 5.41) is 12.1. The zero-order valence-electron chi connectivity index (χ0n) is 13.5. The fourth-order valence-corrected chi connectivity index (χ4v) is 2.86. The van der Waals surface area contributed by atoms with Gasteiger partial charge in [0.05, 0.1) is 26.9 Å². The maximum atomic E-state index is 12.6. The Morgan fingerprint density at radius 3 is 2.00 bits per heavy atom. The Balaban J connectivity index is 2.36. The zero-order valence-corrected chi connectivity index (χ0v) is 13.5. The highest BCUT2D eigenvalue weighted by atomic mass is 16.5. The number of nitrogens with one attached hydrogen (secondary N) is 1. The van der Waals surface area contributed by atoms with Crippen molar-refractivity contribution >= 4 is 11.9 Å². The Morgan fingerprint density at radius 1 is 1.00 bits per heavy atom. The topological polar surface area (TPSA) is 94.1 Å². The fraction of sp³-hybridized carbons (Fsp3) is 0.500. The number of rotatable bonds is 6. The van der Waals surface area contributed by atoms with Crippen molar-refractivity contribution in [1.82, 2.24) is 5.32 Å². The third kappa shape index (κ3) is 3.18. The molecule has 0 heterocycles. The normalized spacial score (nSPS) is 15.8. The molecule has 1 saturated carbocycles. The first-order chi connectivity index (χ1) is 11.0. The standard InChI is InChI=1S/C16H21NO6/c1-21-11-9-13(23-3)12(22-2)8-10(11)14(18)17-16(15(19)20)6-4-5-7-16/h8-9H,4-7H2,1-3H3,(H,17,18)(H,19,20). The molecule has 0 radical (unpaired) electrons. The van der Waals surface area contributed by atoms with Crippen LogP contribution in [-0.2, 0) is 4.79 Å². The maximum Gasteiger partial charge on any atom is 0.329 e. The Kier molecular flexibility index (Phi) is 4.98. The molecule has 1 fully saturated rings. The molecule has 0 unspecified atom stereocenters. The van der Waals surface area contributed by atoms with Crippen LogP contribution in [0, 0.1) is 0 Å². The quantitative estimate of drug-likeness (QED) is 0.829. The first kappa shape index (κ1) is 16.9. The van der Waals surface area contributed by atoms with Crippen LogP contribution in [0.2, 0.25) is 0 Å². The molecule has 126 valence electrons. The number of hydrogen-bond acceptors (Lipinski definition) is 5. The summed E-state index contributed by atoms with van der Waals surface area (Å²) in [7, 11) is 4.37. The molecule has 1 aliphatic rings. The highest BCUT2D eigenvalue weighted by molar-refractivity contribution is 6.00. The van der Waals surface area contributed by atoms with Gasteiger partial charge in [0.2, 0.25) is 0 Å². The van der Waals surface area contributed by atoms with Crippen LogP contribution in [0.3, 0.4) is 0 Å². The monoisotopic (exact) mass is 323 g/mol. The lowest BCUT2D eigenvalue weighted by molar-refractivity contribution is -0.144. The van der Waals surface area contributed by atoms with Crippen LogP contribution in [0.15, 0.2) is 12.1 Å². The van der Waals surface area contributed by atoms with E-state index in [1.165, 1.54) is 33.5 Å². The van der Waals surface area contributed by atoms with Crippen LogP contribution in [0.5, 0.6) is 17.2 Å². The van der Waals surface area contributed by atoms with Crippen molar-refractivity contribution in [3.05, 3.63) is 17.7 Å². The van der Waals surface area contributed by atoms with Crippen LogP contribution in [0.1, 0.15) is 36.0 Å². The SMILES string of the molecule is COc1cc(OC)c(C(=O)NC2(C(=O)O)CCCC2)cc1OC. The van der Waals surface area contributed by atoms with Crippen molar-refractivity contribution < 1.29 is 28.9 Å². The van der Waals surface area contributed by atoms with Crippen LogP contribution < -0.4 is 19.5 Å². The molecule has 0 aromatic heterocycles. The summed E-state index contributed by atoms with van der Waals surface area (Å²) in [6.45, 7) is 0. The summed E-state index contributed by atoms with van der Waals surface area (Å²) in [4.78, 5) is 24.2. The molecule has 1 aromatic carbocycles. The predicted octanol–water partition coefficient (Wildman–Crippen LogP) is 1.84. The van der Waals surface area contributed by atoms with Crippen LogP contribution in [0.25, 0.3) is 0 Å². The second-order valence-corrected chi connectivity index (χ2v) is 5.46. The number of aliphatic carboxylic acids is 1. The van der Waals surface area contributed by atoms with E-state index < -0.39 is 17.4 Å². The van der Waals surface area contributed by atoms with Crippen LogP contribution in [-0.4, -0.2) is 43.9 Å². The number of benzene rings is 1. The number of carbonyl (C=O) groups excluding carboxylic acids is 1. The van der Waals surface area contributed by atoms with Crippen molar-refractivity contribution in [3.8, 4) is 17.2 Å². The lowest BCUT2D eigenvalue weighted by atomic mass is 9.97. The van der Waals surface area contributed by atoms with Crippen LogP contribution >= 0.6 is 0 Å². The molecule has 7 nitrogen and oxygen atoms in total. The molecule has 0 bridgehead atoms. The molecule has 2 rings (SSSR count). The summed E-state index contributed by atoms with van der Waals surface area (Å²) >= 11 is 0. The van der Waals surface area contributed by atoms with Gasteiger partial charge in [-0.05, 0) is 12.8 Å². The van der Waals surface area contributed by atoms with Gasteiger partial charge in [0, 0.05) is 12.1 Å². The van der Waals surface area contributed by atoms with Gasteiger partial charge >= 0.3 is 5.97 Å². The predicted molar refractivity (Wildman–Crippen MR) is 82.4 cm³/mol. The molecule has 23 heavy (non-hydrogen) atoms. The van der Waals surface area contributed by atoms with Crippen molar-refractivity contribution in [3.63, 3.8) is 0 Å². The smallest absolute Gasteiger partial charge is 0.329 e. The minimum atomic E-state index is -1.21. The Morgan fingerprint density at radius 2 is 1.52 bits per heavy atom. The van der Waals surface area contributed by atoms with Crippen molar-refractivity contribution in [2.75, 3.05) is 21.3 Å². The lowest BCUT2D eigenvalue weighted by Crippen LogP contribution is -2.52. The van der Waals surface area contributed by atoms with Crippen molar-refractivity contribution in [2.45, 2.75) is 31.2 Å². The number of hydrogen-bond donors (Lipinski definition) is 2. The van der Waals surface area contributed by atoms with E-state index >= 15 is 0 Å². The van der Waals surface area contributed by atoms with Gasteiger partial charge in [-0.15, -0.1) is 0 Å². The van der Waals surface area contributed by atoms with E-state index in [2.05, 4.69) is 5.32 Å². The number of methoxy groups -OCH3 is 3. The summed E-state index contributed by atoms with van der Waals surface area (Å²) < 4.78 is 15.6. The average molecular weight is 323 g/mol. The number of carbonyl (C=O) groups is 2. The summed E-state index contributed by atoms with van der Waals surface area (Å²) in [5.74, 6) is -0.433. The highest BCUT2D eigenvalue weighted by Gasteiger charge is 2.43. The Labute approximate surface area is 134 Å². The highest BCUT2D eigenvalue weighted by Crippen LogP contribution is 2.36. The van der Waals surface area contributed by atoms with E-state index in [0.717, 1.165) is 12.8 Å². The first-order valence-electron chi connectivity index (χ1n) is 7.33. The van der Waals surface area contributed by atoms with E-state index in [1.807, 2.05) is 0 Å². The number of carboxylic acids is 1. The van der Waals surface area contributed by atoms with E-state index in [0.29, 0.717) is 30.1 Å². The number of amides is 1.